The maximum atomic E-state index is 6.58. The summed E-state index contributed by atoms with van der Waals surface area (Å²) in [6, 6.07) is 39.4. The van der Waals surface area contributed by atoms with E-state index in [9.17, 15) is 0 Å². The van der Waals surface area contributed by atoms with Crippen molar-refractivity contribution in [1.29, 1.82) is 0 Å². The molecule has 0 heterocycles. The molecule has 33 heavy (non-hydrogen) atoms. The molecule has 0 amide bonds. The standard InChI is InChI=1S/C28H29O3PSi/c1-3-29-33(30-4-2,27-18-12-7-13-19-27)28-22-20-24(21-23-28)31-32(25-14-8-5-9-15-25)26-16-10-6-11-17-26/h5-23H,3-4H2,1-2H3. The van der Waals surface area contributed by atoms with Crippen molar-refractivity contribution in [1.82, 2.24) is 0 Å². The van der Waals surface area contributed by atoms with E-state index in [0.717, 1.165) is 16.1 Å². The molecule has 0 aliphatic rings. The molecule has 0 aromatic heterocycles. The van der Waals surface area contributed by atoms with E-state index in [4.69, 9.17) is 13.4 Å². The van der Waals surface area contributed by atoms with Gasteiger partial charge in [-0.05, 0) is 36.4 Å². The first kappa shape index (κ1) is 23.4. The summed E-state index contributed by atoms with van der Waals surface area (Å²) < 4.78 is 19.3. The second-order valence-corrected chi connectivity index (χ2v) is 12.2. The van der Waals surface area contributed by atoms with Gasteiger partial charge in [0.1, 0.15) is 5.75 Å². The highest BCUT2D eigenvalue weighted by atomic mass is 31.1. The number of hydrogen-bond acceptors (Lipinski definition) is 3. The van der Waals surface area contributed by atoms with E-state index in [2.05, 4.69) is 72.8 Å². The molecule has 4 rings (SSSR count). The lowest BCUT2D eigenvalue weighted by atomic mass is 10.3. The highest BCUT2D eigenvalue weighted by Gasteiger charge is 2.42. The zero-order valence-electron chi connectivity index (χ0n) is 19.1. The molecule has 4 aromatic carbocycles. The van der Waals surface area contributed by atoms with Gasteiger partial charge in [-0.15, -0.1) is 0 Å². The zero-order valence-corrected chi connectivity index (χ0v) is 21.0. The largest absolute Gasteiger partial charge is 0.464 e. The normalized spacial score (nSPS) is 11.5. The number of rotatable bonds is 10. The van der Waals surface area contributed by atoms with Crippen LogP contribution >= 0.6 is 8.15 Å². The Bertz CT molecular complexity index is 1060. The Hall–Kier alpha value is -2.75. The smallest absolute Gasteiger partial charge is 0.407 e. The second kappa shape index (κ2) is 11.4. The topological polar surface area (TPSA) is 27.7 Å². The van der Waals surface area contributed by atoms with Crippen LogP contribution in [0.3, 0.4) is 0 Å². The summed E-state index contributed by atoms with van der Waals surface area (Å²) in [5, 5.41) is 4.55. The Labute approximate surface area is 199 Å². The summed E-state index contributed by atoms with van der Waals surface area (Å²) in [5.41, 5.74) is 0. The fourth-order valence-electron chi connectivity index (χ4n) is 3.83. The SMILES string of the molecule is CCO[Si](OCC)(c1ccccc1)c1ccc(OP(c2ccccc2)c2ccccc2)cc1. The van der Waals surface area contributed by atoms with Crippen LogP contribution < -0.4 is 25.5 Å². The summed E-state index contributed by atoms with van der Waals surface area (Å²) >= 11 is 0. The lowest BCUT2D eigenvalue weighted by Gasteiger charge is -2.31. The van der Waals surface area contributed by atoms with Gasteiger partial charge in [0.25, 0.3) is 0 Å². The van der Waals surface area contributed by atoms with Crippen LogP contribution in [-0.2, 0) is 8.85 Å². The molecule has 0 atom stereocenters. The first-order valence-corrected chi connectivity index (χ1v) is 14.4. The van der Waals surface area contributed by atoms with Crippen molar-refractivity contribution in [2.24, 2.45) is 0 Å². The molecule has 0 aliphatic heterocycles. The van der Waals surface area contributed by atoms with Crippen molar-refractivity contribution < 1.29 is 13.4 Å². The van der Waals surface area contributed by atoms with Gasteiger partial charge in [0.15, 0.2) is 8.15 Å². The minimum Gasteiger partial charge on any atom is -0.464 e. The van der Waals surface area contributed by atoms with E-state index in [1.807, 2.05) is 56.3 Å². The molecule has 0 unspecified atom stereocenters. The van der Waals surface area contributed by atoms with Gasteiger partial charge in [0, 0.05) is 23.8 Å². The number of benzene rings is 4. The highest BCUT2D eigenvalue weighted by molar-refractivity contribution is 7.68. The minimum absolute atomic E-state index is 0.590. The molecule has 0 bridgehead atoms. The van der Waals surface area contributed by atoms with Crippen LogP contribution in [0.2, 0.25) is 0 Å². The van der Waals surface area contributed by atoms with Crippen molar-refractivity contribution in [3.05, 3.63) is 115 Å². The van der Waals surface area contributed by atoms with Gasteiger partial charge in [-0.3, -0.25) is 0 Å². The van der Waals surface area contributed by atoms with Gasteiger partial charge in [-0.2, -0.15) is 0 Å². The van der Waals surface area contributed by atoms with Crippen LogP contribution in [0.5, 0.6) is 5.75 Å². The van der Waals surface area contributed by atoms with Crippen molar-refractivity contribution in [3.63, 3.8) is 0 Å². The van der Waals surface area contributed by atoms with E-state index in [-0.39, 0.29) is 0 Å². The quantitative estimate of drug-likeness (QED) is 0.246. The molecule has 0 radical (unpaired) electrons. The fraction of sp³-hybridized carbons (Fsp3) is 0.143. The number of hydrogen-bond donors (Lipinski definition) is 0. The van der Waals surface area contributed by atoms with E-state index in [0.29, 0.717) is 13.2 Å². The third-order valence-electron chi connectivity index (χ3n) is 5.26. The molecule has 3 nitrogen and oxygen atoms in total. The third-order valence-corrected chi connectivity index (χ3v) is 10.8. The summed E-state index contributed by atoms with van der Waals surface area (Å²) in [7, 11) is -3.76. The summed E-state index contributed by atoms with van der Waals surface area (Å²) in [4.78, 5) is 0. The van der Waals surface area contributed by atoms with Crippen LogP contribution in [-0.4, -0.2) is 21.8 Å². The summed E-state index contributed by atoms with van der Waals surface area (Å²) in [5.74, 6) is 0.835. The van der Waals surface area contributed by atoms with Gasteiger partial charge in [-0.25, -0.2) is 0 Å². The fourth-order valence-corrected chi connectivity index (χ4v) is 8.69. The molecular formula is C28H29O3PSi. The molecular weight excluding hydrogens is 443 g/mol. The minimum atomic E-state index is -2.79. The predicted octanol–water partition coefficient (Wildman–Crippen LogP) is 4.74. The van der Waals surface area contributed by atoms with E-state index in [1.54, 1.807) is 0 Å². The third kappa shape index (κ3) is 5.43. The van der Waals surface area contributed by atoms with E-state index < -0.39 is 16.7 Å². The summed E-state index contributed by atoms with van der Waals surface area (Å²) in [6.45, 7) is 5.22. The van der Waals surface area contributed by atoms with Crippen LogP contribution in [0.15, 0.2) is 115 Å². The van der Waals surface area contributed by atoms with Gasteiger partial charge >= 0.3 is 8.56 Å². The molecule has 0 aliphatic carbocycles. The Morgan fingerprint density at radius 1 is 0.545 bits per heavy atom. The van der Waals surface area contributed by atoms with Crippen LogP contribution in [0.1, 0.15) is 13.8 Å². The van der Waals surface area contributed by atoms with E-state index in [1.165, 1.54) is 10.6 Å². The van der Waals surface area contributed by atoms with Gasteiger partial charge in [0.2, 0.25) is 0 Å². The van der Waals surface area contributed by atoms with Crippen molar-refractivity contribution in [2.45, 2.75) is 13.8 Å². The maximum Gasteiger partial charge on any atom is 0.407 e. The molecule has 4 aromatic rings. The lowest BCUT2D eigenvalue weighted by Crippen LogP contribution is -2.63. The molecule has 0 saturated heterocycles. The van der Waals surface area contributed by atoms with Crippen LogP contribution in [0.4, 0.5) is 0 Å². The molecule has 0 N–H and O–H groups in total. The Morgan fingerprint density at radius 3 is 1.42 bits per heavy atom. The van der Waals surface area contributed by atoms with Crippen molar-refractivity contribution >= 4 is 37.7 Å². The van der Waals surface area contributed by atoms with Crippen molar-refractivity contribution in [3.8, 4) is 5.75 Å². The second-order valence-electron chi connectivity index (χ2n) is 7.43. The molecule has 5 heteroatoms. The zero-order chi connectivity index (χ0) is 22.9. The first-order chi connectivity index (χ1) is 16.3. The van der Waals surface area contributed by atoms with Gasteiger partial charge in [-0.1, -0.05) is 103 Å². The van der Waals surface area contributed by atoms with Crippen LogP contribution in [0.25, 0.3) is 0 Å². The monoisotopic (exact) mass is 472 g/mol. The van der Waals surface area contributed by atoms with Gasteiger partial charge in [0.05, 0.1) is 0 Å². The van der Waals surface area contributed by atoms with Crippen molar-refractivity contribution in [2.75, 3.05) is 13.2 Å². The summed E-state index contributed by atoms with van der Waals surface area (Å²) in [6.07, 6.45) is 0. The average Bonchev–Trinajstić information content (AvgIpc) is 2.89. The van der Waals surface area contributed by atoms with E-state index >= 15 is 0 Å². The van der Waals surface area contributed by atoms with Gasteiger partial charge < -0.3 is 13.4 Å². The molecule has 0 fully saturated rings. The molecule has 168 valence electrons. The lowest BCUT2D eigenvalue weighted by molar-refractivity contribution is 0.208. The maximum absolute atomic E-state index is 6.58. The Kier molecular flexibility index (Phi) is 8.08. The Morgan fingerprint density at radius 2 is 0.970 bits per heavy atom. The Balaban J connectivity index is 1.67. The molecule has 0 saturated carbocycles. The van der Waals surface area contributed by atoms with Crippen LogP contribution in [0, 0.1) is 0 Å². The predicted molar refractivity (Wildman–Crippen MR) is 141 cm³/mol. The average molecular weight is 473 g/mol. The molecule has 0 spiro atoms. The highest BCUT2D eigenvalue weighted by Crippen LogP contribution is 2.36. The first-order valence-electron chi connectivity index (χ1n) is 11.3.